The first-order chi connectivity index (χ1) is 19.9. The summed E-state index contributed by atoms with van der Waals surface area (Å²) in [5.74, 6) is -3.82. The molecule has 0 unspecified atom stereocenters. The molecule has 0 bridgehead atoms. The number of rotatable bonds is 11. The van der Waals surface area contributed by atoms with Crippen LogP contribution in [-0.2, 0) is 16.9 Å². The highest BCUT2D eigenvalue weighted by molar-refractivity contribution is 5.73. The van der Waals surface area contributed by atoms with E-state index in [0.717, 1.165) is 37.3 Å². The van der Waals surface area contributed by atoms with Gasteiger partial charge in [-0.15, -0.1) is 0 Å². The van der Waals surface area contributed by atoms with E-state index in [2.05, 4.69) is 9.88 Å². The number of hydrogen-bond donors (Lipinski definition) is 1. The molecule has 3 fully saturated rings. The molecule has 11 heteroatoms. The number of aliphatic carboxylic acids is 1. The maximum atomic E-state index is 14.7. The summed E-state index contributed by atoms with van der Waals surface area (Å²) < 4.78 is 81.8. The molecule has 1 saturated carbocycles. The highest BCUT2D eigenvalue weighted by atomic mass is 19.4. The topological polar surface area (TPSA) is 56.7 Å². The number of carboxylic acids is 1. The molecule has 0 amide bonds. The second kappa shape index (κ2) is 12.5. The third kappa shape index (κ3) is 7.64. The van der Waals surface area contributed by atoms with E-state index in [-0.39, 0.29) is 30.0 Å². The molecule has 0 spiro atoms. The van der Waals surface area contributed by atoms with Gasteiger partial charge in [-0.25, -0.2) is 4.39 Å². The summed E-state index contributed by atoms with van der Waals surface area (Å²) in [4.78, 5) is 19.9. The largest absolute Gasteiger partial charge is 0.480 e. The normalized spacial score (nSPS) is 23.8. The standard InChI is InChI=1S/C31H37F6N3O2/c32-25-3-1-2-22(15-25)26-19-40(27(29(41)42)14-21-4-5-21)18-23(26)17-39-12-9-20(10-13-39)8-11-30(33,34)28-7-6-24(16-38-28)31(35,36)37/h1-3,6-7,15-16,20-21,23,26-27H,4-5,8-14,17-19H2,(H,41,42)/t23-,26-,27-/m1/s1. The number of hydrogen-bond acceptors (Lipinski definition) is 4. The minimum atomic E-state index is -4.63. The average Bonchev–Trinajstić information content (AvgIpc) is 3.68. The first-order valence-electron chi connectivity index (χ1n) is 14.8. The molecule has 230 valence electrons. The Bertz CT molecular complexity index is 1210. The lowest BCUT2D eigenvalue weighted by Gasteiger charge is -2.35. The Balaban J connectivity index is 1.16. The monoisotopic (exact) mass is 597 g/mol. The van der Waals surface area contributed by atoms with Crippen LogP contribution >= 0.6 is 0 Å². The number of benzene rings is 1. The smallest absolute Gasteiger partial charge is 0.417 e. The van der Waals surface area contributed by atoms with Crippen LogP contribution in [0.15, 0.2) is 42.6 Å². The van der Waals surface area contributed by atoms with Crippen molar-refractivity contribution >= 4 is 5.97 Å². The van der Waals surface area contributed by atoms with Gasteiger partial charge in [0.25, 0.3) is 5.92 Å². The molecule has 42 heavy (non-hydrogen) atoms. The summed E-state index contributed by atoms with van der Waals surface area (Å²) >= 11 is 0. The predicted molar refractivity (Wildman–Crippen MR) is 144 cm³/mol. The molecular formula is C31H37F6N3O2. The molecule has 1 aromatic carbocycles. The second-order valence-electron chi connectivity index (χ2n) is 12.3. The second-order valence-corrected chi connectivity index (χ2v) is 12.3. The zero-order valence-corrected chi connectivity index (χ0v) is 23.4. The van der Waals surface area contributed by atoms with E-state index in [4.69, 9.17) is 0 Å². The van der Waals surface area contributed by atoms with E-state index in [1.165, 1.54) is 12.1 Å². The lowest BCUT2D eigenvalue weighted by molar-refractivity contribution is -0.143. The maximum Gasteiger partial charge on any atom is 0.417 e. The Morgan fingerprint density at radius 1 is 1.00 bits per heavy atom. The molecule has 2 saturated heterocycles. The van der Waals surface area contributed by atoms with Crippen LogP contribution in [0.5, 0.6) is 0 Å². The summed E-state index contributed by atoms with van der Waals surface area (Å²) in [5, 5.41) is 9.96. The number of pyridine rings is 1. The van der Waals surface area contributed by atoms with Gasteiger partial charge in [0.15, 0.2) is 0 Å². The van der Waals surface area contributed by atoms with Crippen molar-refractivity contribution in [3.8, 4) is 0 Å². The number of halogens is 6. The molecule has 1 aliphatic carbocycles. The van der Waals surface area contributed by atoms with Gasteiger partial charge in [0, 0.05) is 38.2 Å². The molecule has 3 heterocycles. The van der Waals surface area contributed by atoms with Gasteiger partial charge < -0.3 is 10.0 Å². The van der Waals surface area contributed by atoms with Crippen molar-refractivity contribution in [2.75, 3.05) is 32.7 Å². The summed E-state index contributed by atoms with van der Waals surface area (Å²) in [7, 11) is 0. The van der Waals surface area contributed by atoms with Crippen molar-refractivity contribution in [2.24, 2.45) is 17.8 Å². The summed E-state index contributed by atoms with van der Waals surface area (Å²) in [5.41, 5.74) is -0.837. The van der Waals surface area contributed by atoms with Crippen LogP contribution < -0.4 is 0 Å². The van der Waals surface area contributed by atoms with Crippen LogP contribution in [0, 0.1) is 23.6 Å². The Morgan fingerprint density at radius 2 is 1.74 bits per heavy atom. The number of likely N-dealkylation sites (tertiary alicyclic amines) is 2. The highest BCUT2D eigenvalue weighted by Crippen LogP contribution is 2.40. The van der Waals surface area contributed by atoms with Gasteiger partial charge in [0.05, 0.1) is 5.56 Å². The van der Waals surface area contributed by atoms with Crippen LogP contribution in [0.2, 0.25) is 0 Å². The van der Waals surface area contributed by atoms with Crippen molar-refractivity contribution < 1.29 is 36.2 Å². The predicted octanol–water partition coefficient (Wildman–Crippen LogP) is 6.79. The Labute approximate surface area is 241 Å². The number of carbonyl (C=O) groups is 1. The van der Waals surface area contributed by atoms with Crippen molar-refractivity contribution in [2.45, 2.75) is 69.0 Å². The lowest BCUT2D eigenvalue weighted by atomic mass is 9.86. The molecule has 2 aromatic rings. The van der Waals surface area contributed by atoms with Gasteiger partial charge >= 0.3 is 12.1 Å². The molecule has 3 aliphatic rings. The van der Waals surface area contributed by atoms with E-state index in [1.54, 1.807) is 6.07 Å². The number of piperidine rings is 1. The van der Waals surface area contributed by atoms with Gasteiger partial charge in [-0.1, -0.05) is 25.0 Å². The zero-order valence-electron chi connectivity index (χ0n) is 23.4. The molecular weight excluding hydrogens is 560 g/mol. The van der Waals surface area contributed by atoms with Gasteiger partial charge in [0.2, 0.25) is 0 Å². The van der Waals surface area contributed by atoms with E-state index >= 15 is 0 Å². The van der Waals surface area contributed by atoms with Gasteiger partial charge in [-0.3, -0.25) is 14.7 Å². The average molecular weight is 598 g/mol. The van der Waals surface area contributed by atoms with E-state index in [9.17, 15) is 36.2 Å². The highest BCUT2D eigenvalue weighted by Gasteiger charge is 2.42. The van der Waals surface area contributed by atoms with E-state index < -0.39 is 41.8 Å². The fourth-order valence-electron chi connectivity index (χ4n) is 6.62. The fraction of sp³-hybridized carbons (Fsp3) is 0.613. The van der Waals surface area contributed by atoms with Crippen molar-refractivity contribution in [3.63, 3.8) is 0 Å². The van der Waals surface area contributed by atoms with Gasteiger partial charge in [-0.2, -0.15) is 22.0 Å². The van der Waals surface area contributed by atoms with Gasteiger partial charge in [-0.05, 0) is 86.4 Å². The minimum absolute atomic E-state index is 0.00518. The lowest BCUT2D eigenvalue weighted by Crippen LogP contribution is -2.42. The van der Waals surface area contributed by atoms with Crippen LogP contribution in [0.4, 0.5) is 26.3 Å². The van der Waals surface area contributed by atoms with E-state index in [1.807, 2.05) is 11.0 Å². The molecule has 5 rings (SSSR count). The van der Waals surface area contributed by atoms with Crippen LogP contribution in [-0.4, -0.2) is 64.6 Å². The number of nitrogens with zero attached hydrogens (tertiary/aromatic N) is 3. The molecule has 3 atom stereocenters. The fourth-order valence-corrected chi connectivity index (χ4v) is 6.62. The third-order valence-corrected chi connectivity index (χ3v) is 9.26. The minimum Gasteiger partial charge on any atom is -0.480 e. The first kappa shape index (κ1) is 30.8. The molecule has 0 radical (unpaired) electrons. The Morgan fingerprint density at radius 3 is 2.33 bits per heavy atom. The van der Waals surface area contributed by atoms with Crippen LogP contribution in [0.3, 0.4) is 0 Å². The molecule has 1 N–H and O–H groups in total. The maximum absolute atomic E-state index is 14.7. The first-order valence-corrected chi connectivity index (χ1v) is 14.8. The molecule has 1 aromatic heterocycles. The van der Waals surface area contributed by atoms with Crippen molar-refractivity contribution in [3.05, 3.63) is 65.2 Å². The van der Waals surface area contributed by atoms with E-state index in [0.29, 0.717) is 57.3 Å². The number of aromatic nitrogens is 1. The van der Waals surface area contributed by atoms with Crippen LogP contribution in [0.25, 0.3) is 0 Å². The number of carboxylic acid groups (broad SMARTS) is 1. The molecule has 5 nitrogen and oxygen atoms in total. The zero-order chi connectivity index (χ0) is 30.1. The Hall–Kier alpha value is -2.66. The molecule has 2 aliphatic heterocycles. The summed E-state index contributed by atoms with van der Waals surface area (Å²) in [6, 6.07) is 7.37. The summed E-state index contributed by atoms with van der Waals surface area (Å²) in [6.07, 6.45) is -0.206. The van der Waals surface area contributed by atoms with Gasteiger partial charge in [0.1, 0.15) is 17.6 Å². The Kier molecular flexibility index (Phi) is 9.18. The van der Waals surface area contributed by atoms with Crippen molar-refractivity contribution in [1.82, 2.24) is 14.8 Å². The SMILES string of the molecule is O=C(O)[C@@H](CC1CC1)N1C[C@@H](CN2CCC(CCC(F)(F)c3ccc(C(F)(F)F)cn3)CC2)[C@@H](c2cccc(F)c2)C1. The van der Waals surface area contributed by atoms with Crippen molar-refractivity contribution in [1.29, 1.82) is 0 Å². The van der Waals surface area contributed by atoms with Crippen LogP contribution in [0.1, 0.15) is 67.7 Å². The third-order valence-electron chi connectivity index (χ3n) is 9.26. The number of alkyl halides is 5. The summed E-state index contributed by atoms with van der Waals surface area (Å²) in [6.45, 7) is 3.31. The quantitative estimate of drug-likeness (QED) is 0.289.